The van der Waals surface area contributed by atoms with Gasteiger partial charge in [0.05, 0.1) is 0 Å². The first kappa shape index (κ1) is 12.9. The Morgan fingerprint density at radius 3 is 2.56 bits per heavy atom. The molecule has 0 spiro atoms. The minimum absolute atomic E-state index is 0.457. The van der Waals surface area contributed by atoms with E-state index in [1.807, 2.05) is 6.20 Å². The third-order valence-electron chi connectivity index (χ3n) is 3.79. The summed E-state index contributed by atoms with van der Waals surface area (Å²) in [6.45, 7) is 6.76. The Morgan fingerprint density at radius 1 is 1.11 bits per heavy atom. The first-order chi connectivity index (χ1) is 8.76. The summed E-state index contributed by atoms with van der Waals surface area (Å²) < 4.78 is 0. The molecule has 1 N–H and O–H groups in total. The molecule has 0 bridgehead atoms. The standard InChI is InChI=1S/C16H22N2/c1-4-13(5-2)12(3)18-16-15-9-7-6-8-14(15)10-11-17-16/h6-13H,4-5H2,1-3H3,(H,17,18). The molecule has 0 aliphatic carbocycles. The Labute approximate surface area is 109 Å². The van der Waals surface area contributed by atoms with Gasteiger partial charge < -0.3 is 5.32 Å². The van der Waals surface area contributed by atoms with E-state index in [0.717, 1.165) is 5.82 Å². The molecule has 96 valence electrons. The number of hydrogen-bond donors (Lipinski definition) is 1. The van der Waals surface area contributed by atoms with E-state index >= 15 is 0 Å². The van der Waals surface area contributed by atoms with Gasteiger partial charge in [0.25, 0.3) is 0 Å². The molecule has 1 aromatic heterocycles. The first-order valence-corrected chi connectivity index (χ1v) is 6.86. The highest BCUT2D eigenvalue weighted by Crippen LogP contribution is 2.23. The lowest BCUT2D eigenvalue weighted by molar-refractivity contribution is 0.437. The predicted molar refractivity (Wildman–Crippen MR) is 78.9 cm³/mol. The van der Waals surface area contributed by atoms with E-state index in [0.29, 0.717) is 12.0 Å². The number of rotatable bonds is 5. The molecule has 2 heteroatoms. The van der Waals surface area contributed by atoms with Gasteiger partial charge in [-0.25, -0.2) is 4.98 Å². The summed E-state index contributed by atoms with van der Waals surface area (Å²) >= 11 is 0. The number of fused-ring (bicyclic) bond motifs is 1. The minimum Gasteiger partial charge on any atom is -0.367 e. The van der Waals surface area contributed by atoms with E-state index in [1.54, 1.807) is 0 Å². The fourth-order valence-electron chi connectivity index (χ4n) is 2.56. The molecule has 0 saturated carbocycles. The van der Waals surface area contributed by atoms with Crippen molar-refractivity contribution in [2.75, 3.05) is 5.32 Å². The van der Waals surface area contributed by atoms with Crippen LogP contribution >= 0.6 is 0 Å². The first-order valence-electron chi connectivity index (χ1n) is 6.86. The number of benzene rings is 1. The second kappa shape index (κ2) is 5.85. The van der Waals surface area contributed by atoms with Gasteiger partial charge in [0.1, 0.15) is 5.82 Å². The normalized spacial score (nSPS) is 12.9. The van der Waals surface area contributed by atoms with E-state index in [1.165, 1.54) is 23.6 Å². The molecule has 0 amide bonds. The average molecular weight is 242 g/mol. The maximum absolute atomic E-state index is 4.49. The van der Waals surface area contributed by atoms with E-state index in [2.05, 4.69) is 61.4 Å². The largest absolute Gasteiger partial charge is 0.367 e. The molecule has 0 radical (unpaired) electrons. The van der Waals surface area contributed by atoms with Gasteiger partial charge in [-0.1, -0.05) is 51.0 Å². The molecule has 1 unspecified atom stereocenters. The topological polar surface area (TPSA) is 24.9 Å². The molecule has 2 aromatic rings. The van der Waals surface area contributed by atoms with Gasteiger partial charge in [0, 0.05) is 17.6 Å². The summed E-state index contributed by atoms with van der Waals surface area (Å²) in [5, 5.41) is 6.02. The van der Waals surface area contributed by atoms with Crippen molar-refractivity contribution in [1.82, 2.24) is 4.98 Å². The fraction of sp³-hybridized carbons (Fsp3) is 0.438. The van der Waals surface area contributed by atoms with Crippen LogP contribution in [-0.2, 0) is 0 Å². The Kier molecular flexibility index (Phi) is 4.19. The summed E-state index contributed by atoms with van der Waals surface area (Å²) in [7, 11) is 0. The van der Waals surface area contributed by atoms with Crippen LogP contribution in [-0.4, -0.2) is 11.0 Å². The minimum atomic E-state index is 0.457. The highest BCUT2D eigenvalue weighted by atomic mass is 15.0. The SMILES string of the molecule is CCC(CC)C(C)Nc1nccc2ccccc12. The van der Waals surface area contributed by atoms with Crippen LogP contribution in [0.5, 0.6) is 0 Å². The Morgan fingerprint density at radius 2 is 1.83 bits per heavy atom. The lowest BCUT2D eigenvalue weighted by Crippen LogP contribution is -2.25. The van der Waals surface area contributed by atoms with Crippen molar-refractivity contribution in [3.05, 3.63) is 36.5 Å². The monoisotopic (exact) mass is 242 g/mol. The third-order valence-corrected chi connectivity index (χ3v) is 3.79. The lowest BCUT2D eigenvalue weighted by Gasteiger charge is -2.23. The van der Waals surface area contributed by atoms with Gasteiger partial charge in [-0.05, 0) is 24.3 Å². The number of hydrogen-bond acceptors (Lipinski definition) is 2. The molecule has 0 saturated heterocycles. The van der Waals surface area contributed by atoms with E-state index < -0.39 is 0 Å². The molecule has 2 rings (SSSR count). The van der Waals surface area contributed by atoms with Crippen molar-refractivity contribution in [3.8, 4) is 0 Å². The van der Waals surface area contributed by atoms with Crippen molar-refractivity contribution in [2.45, 2.75) is 39.7 Å². The van der Waals surface area contributed by atoms with Gasteiger partial charge in [0.15, 0.2) is 0 Å². The second-order valence-corrected chi connectivity index (χ2v) is 4.89. The van der Waals surface area contributed by atoms with Crippen molar-refractivity contribution in [1.29, 1.82) is 0 Å². The number of pyridine rings is 1. The maximum atomic E-state index is 4.49. The summed E-state index contributed by atoms with van der Waals surface area (Å²) in [6, 6.07) is 10.9. The molecule has 0 aliphatic rings. The van der Waals surface area contributed by atoms with Crippen molar-refractivity contribution >= 4 is 16.6 Å². The van der Waals surface area contributed by atoms with Gasteiger partial charge in [0.2, 0.25) is 0 Å². The molecule has 0 aliphatic heterocycles. The zero-order valence-electron chi connectivity index (χ0n) is 11.5. The van der Waals surface area contributed by atoms with Crippen LogP contribution < -0.4 is 5.32 Å². The number of anilines is 1. The van der Waals surface area contributed by atoms with Crippen LogP contribution in [0.25, 0.3) is 10.8 Å². The van der Waals surface area contributed by atoms with E-state index in [9.17, 15) is 0 Å². The van der Waals surface area contributed by atoms with Crippen LogP contribution in [0.15, 0.2) is 36.5 Å². The molecule has 1 heterocycles. The van der Waals surface area contributed by atoms with E-state index in [4.69, 9.17) is 0 Å². The fourth-order valence-corrected chi connectivity index (χ4v) is 2.56. The molecular formula is C16H22N2. The smallest absolute Gasteiger partial charge is 0.134 e. The van der Waals surface area contributed by atoms with Crippen molar-refractivity contribution in [3.63, 3.8) is 0 Å². The molecule has 1 aromatic carbocycles. The summed E-state index contributed by atoms with van der Waals surface area (Å²) in [5.74, 6) is 1.71. The van der Waals surface area contributed by atoms with Crippen LogP contribution in [0.2, 0.25) is 0 Å². The molecule has 1 atom stereocenters. The van der Waals surface area contributed by atoms with Crippen molar-refractivity contribution < 1.29 is 0 Å². The Balaban J connectivity index is 2.26. The Bertz CT molecular complexity index is 498. The molecular weight excluding hydrogens is 220 g/mol. The van der Waals surface area contributed by atoms with Gasteiger partial charge >= 0.3 is 0 Å². The second-order valence-electron chi connectivity index (χ2n) is 4.89. The zero-order valence-corrected chi connectivity index (χ0v) is 11.5. The van der Waals surface area contributed by atoms with Gasteiger partial charge in [-0.2, -0.15) is 0 Å². The quantitative estimate of drug-likeness (QED) is 0.836. The summed E-state index contributed by atoms with van der Waals surface area (Å²) in [5.41, 5.74) is 0. The predicted octanol–water partition coefficient (Wildman–Crippen LogP) is 4.47. The highest BCUT2D eigenvalue weighted by molar-refractivity contribution is 5.91. The van der Waals surface area contributed by atoms with Crippen LogP contribution in [0.3, 0.4) is 0 Å². The van der Waals surface area contributed by atoms with E-state index in [-0.39, 0.29) is 0 Å². The van der Waals surface area contributed by atoms with Crippen LogP contribution in [0.1, 0.15) is 33.6 Å². The number of aromatic nitrogens is 1. The average Bonchev–Trinajstić information content (AvgIpc) is 2.40. The van der Waals surface area contributed by atoms with Gasteiger partial charge in [-0.3, -0.25) is 0 Å². The lowest BCUT2D eigenvalue weighted by atomic mass is 9.95. The van der Waals surface area contributed by atoms with Crippen LogP contribution in [0, 0.1) is 5.92 Å². The molecule has 2 nitrogen and oxygen atoms in total. The number of nitrogens with zero attached hydrogens (tertiary/aromatic N) is 1. The zero-order chi connectivity index (χ0) is 13.0. The molecule has 0 fully saturated rings. The maximum Gasteiger partial charge on any atom is 0.134 e. The summed E-state index contributed by atoms with van der Waals surface area (Å²) in [4.78, 5) is 4.49. The number of nitrogens with one attached hydrogen (secondary N) is 1. The van der Waals surface area contributed by atoms with Crippen LogP contribution in [0.4, 0.5) is 5.82 Å². The Hall–Kier alpha value is -1.57. The van der Waals surface area contributed by atoms with Crippen molar-refractivity contribution in [2.24, 2.45) is 5.92 Å². The third kappa shape index (κ3) is 2.63. The highest BCUT2D eigenvalue weighted by Gasteiger charge is 2.14. The van der Waals surface area contributed by atoms with Gasteiger partial charge in [-0.15, -0.1) is 0 Å². The molecule has 18 heavy (non-hydrogen) atoms. The summed E-state index contributed by atoms with van der Waals surface area (Å²) in [6.07, 6.45) is 4.29.